The Kier molecular flexibility index (Phi) is 6.34. The molecule has 0 spiro atoms. The molecule has 1 amide bonds. The Bertz CT molecular complexity index is 1310. The van der Waals surface area contributed by atoms with Gasteiger partial charge in [0.05, 0.1) is 10.9 Å². The van der Waals surface area contributed by atoms with Crippen molar-refractivity contribution in [3.8, 4) is 5.95 Å². The van der Waals surface area contributed by atoms with E-state index in [9.17, 15) is 26.4 Å². The summed E-state index contributed by atoms with van der Waals surface area (Å²) >= 11 is 5.91. The molecule has 1 saturated carbocycles. The maximum atomic E-state index is 13.5. The van der Waals surface area contributed by atoms with Crippen molar-refractivity contribution < 1.29 is 26.4 Å². The fourth-order valence-corrected chi connectivity index (χ4v) is 4.50. The number of hydrogen-bond acceptors (Lipinski definition) is 7. The van der Waals surface area contributed by atoms with Gasteiger partial charge in [-0.05, 0) is 49.9 Å². The molecule has 2 heterocycles. The highest BCUT2D eigenvalue weighted by molar-refractivity contribution is 7.92. The Labute approximate surface area is 197 Å². The van der Waals surface area contributed by atoms with Gasteiger partial charge in [-0.15, -0.1) is 0 Å². The number of halogens is 4. The van der Waals surface area contributed by atoms with Crippen LogP contribution in [-0.2, 0) is 9.84 Å². The van der Waals surface area contributed by atoms with Gasteiger partial charge in [-0.3, -0.25) is 4.79 Å². The molecule has 9 nitrogen and oxygen atoms in total. The van der Waals surface area contributed by atoms with Crippen LogP contribution in [0.25, 0.3) is 5.95 Å². The number of sulfone groups is 1. The molecule has 0 radical (unpaired) electrons. The molecule has 180 valence electrons. The monoisotopic (exact) mass is 514 g/mol. The normalized spacial score (nSPS) is 15.2. The first kappa shape index (κ1) is 24.1. The fourth-order valence-electron chi connectivity index (χ4n) is 3.37. The molecule has 0 N–H and O–H groups in total. The molecule has 1 aromatic carbocycles. The van der Waals surface area contributed by atoms with E-state index in [0.29, 0.717) is 18.0 Å². The van der Waals surface area contributed by atoms with Crippen LogP contribution in [0.3, 0.4) is 0 Å². The molecule has 0 saturated heterocycles. The second-order valence-electron chi connectivity index (χ2n) is 7.78. The highest BCUT2D eigenvalue weighted by Crippen LogP contribution is 2.35. The Morgan fingerprint density at radius 1 is 1.21 bits per heavy atom. The first-order chi connectivity index (χ1) is 16.0. The zero-order valence-electron chi connectivity index (χ0n) is 17.6. The topological polar surface area (TPSA) is 111 Å². The predicted molar refractivity (Wildman–Crippen MR) is 114 cm³/mol. The summed E-state index contributed by atoms with van der Waals surface area (Å²) in [5.74, 6) is 0.0599. The lowest BCUT2D eigenvalue weighted by Gasteiger charge is -2.29. The molecule has 34 heavy (non-hydrogen) atoms. The number of amides is 1. The smallest absolute Gasteiger partial charge is 0.328 e. The predicted octanol–water partition coefficient (Wildman–Crippen LogP) is 3.62. The van der Waals surface area contributed by atoms with E-state index in [4.69, 9.17) is 11.6 Å². The third kappa shape index (κ3) is 4.75. The maximum Gasteiger partial charge on any atom is 0.501 e. The quantitative estimate of drug-likeness (QED) is 0.473. The lowest BCUT2D eigenvalue weighted by Crippen LogP contribution is -2.37. The van der Waals surface area contributed by atoms with Crippen LogP contribution in [0.1, 0.15) is 42.0 Å². The van der Waals surface area contributed by atoms with Crippen molar-refractivity contribution in [3.05, 3.63) is 59.4 Å². The van der Waals surface area contributed by atoms with Crippen molar-refractivity contribution in [2.75, 3.05) is 6.54 Å². The molecule has 1 fully saturated rings. The van der Waals surface area contributed by atoms with Gasteiger partial charge in [0.25, 0.3) is 21.7 Å². The number of hydrogen-bond donors (Lipinski definition) is 0. The molecule has 0 bridgehead atoms. The van der Waals surface area contributed by atoms with Crippen molar-refractivity contribution in [1.29, 1.82) is 0 Å². The molecule has 2 aromatic heterocycles. The van der Waals surface area contributed by atoms with E-state index in [1.54, 1.807) is 13.0 Å². The summed E-state index contributed by atoms with van der Waals surface area (Å²) in [6, 6.07) is 3.42. The summed E-state index contributed by atoms with van der Waals surface area (Å²) < 4.78 is 64.4. The highest BCUT2D eigenvalue weighted by Gasteiger charge is 2.47. The Morgan fingerprint density at radius 3 is 2.50 bits per heavy atom. The highest BCUT2D eigenvalue weighted by atomic mass is 35.5. The number of carbonyl (C=O) groups excluding carboxylic acids is 1. The average molecular weight is 515 g/mol. The SMILES string of the molecule is CC(c1ncnn1-c1ncccn1)N(CC1CC1)C(=O)c1cc(Cl)cc(S(=O)(=O)C(F)(F)F)c1. The number of aromatic nitrogens is 5. The maximum absolute atomic E-state index is 13.5. The molecule has 1 atom stereocenters. The zero-order chi connectivity index (χ0) is 24.7. The molecule has 1 aliphatic rings. The van der Waals surface area contributed by atoms with Crippen molar-refractivity contribution in [3.63, 3.8) is 0 Å². The third-order valence-electron chi connectivity index (χ3n) is 5.30. The van der Waals surface area contributed by atoms with Gasteiger partial charge in [-0.1, -0.05) is 11.6 Å². The van der Waals surface area contributed by atoms with Gasteiger partial charge >= 0.3 is 5.51 Å². The zero-order valence-corrected chi connectivity index (χ0v) is 19.2. The number of alkyl halides is 3. The molecule has 1 unspecified atom stereocenters. The molecule has 1 aliphatic carbocycles. The Balaban J connectivity index is 1.73. The van der Waals surface area contributed by atoms with Gasteiger partial charge in [-0.25, -0.2) is 23.4 Å². The van der Waals surface area contributed by atoms with E-state index in [1.807, 2.05) is 0 Å². The lowest BCUT2D eigenvalue weighted by atomic mass is 10.1. The van der Waals surface area contributed by atoms with E-state index < -0.39 is 32.2 Å². The van der Waals surface area contributed by atoms with Crippen LogP contribution in [0.4, 0.5) is 13.2 Å². The summed E-state index contributed by atoms with van der Waals surface area (Å²) in [6.45, 7) is 1.97. The summed E-state index contributed by atoms with van der Waals surface area (Å²) in [7, 11) is -5.70. The van der Waals surface area contributed by atoms with Gasteiger partial charge in [0, 0.05) is 29.5 Å². The van der Waals surface area contributed by atoms with Gasteiger partial charge in [0.2, 0.25) is 0 Å². The van der Waals surface area contributed by atoms with Crippen LogP contribution >= 0.6 is 11.6 Å². The molecule has 14 heteroatoms. The van der Waals surface area contributed by atoms with Crippen molar-refractivity contribution in [2.24, 2.45) is 5.92 Å². The Morgan fingerprint density at radius 2 is 1.88 bits per heavy atom. The van der Waals surface area contributed by atoms with Crippen LogP contribution < -0.4 is 0 Å². The molecule has 0 aliphatic heterocycles. The summed E-state index contributed by atoms with van der Waals surface area (Å²) in [5.41, 5.74) is -5.82. The van der Waals surface area contributed by atoms with Gasteiger partial charge in [-0.2, -0.15) is 23.0 Å². The second kappa shape index (κ2) is 8.95. The summed E-state index contributed by atoms with van der Waals surface area (Å²) in [4.78, 5) is 26.3. The molecule has 3 aromatic rings. The standard InChI is InChI=1S/C20H18ClF3N6O3S/c1-12(17-27-11-28-30(17)19-25-5-2-6-26-19)29(10-13-3-4-13)18(31)14-7-15(21)9-16(8-14)34(32,33)20(22,23)24/h2,5-9,11-13H,3-4,10H2,1H3. The van der Waals surface area contributed by atoms with Crippen LogP contribution in [-0.4, -0.2) is 56.0 Å². The van der Waals surface area contributed by atoms with Crippen LogP contribution in [0, 0.1) is 5.92 Å². The number of nitrogens with zero attached hydrogens (tertiary/aromatic N) is 6. The Hall–Kier alpha value is -3.06. The van der Waals surface area contributed by atoms with Gasteiger partial charge in [0.1, 0.15) is 6.33 Å². The van der Waals surface area contributed by atoms with Crippen LogP contribution in [0.15, 0.2) is 47.9 Å². The van der Waals surface area contributed by atoms with Crippen molar-refractivity contribution in [2.45, 2.75) is 36.2 Å². The second-order valence-corrected chi connectivity index (χ2v) is 10.2. The van der Waals surface area contributed by atoms with E-state index in [2.05, 4.69) is 20.1 Å². The van der Waals surface area contributed by atoms with Crippen molar-refractivity contribution >= 4 is 27.3 Å². The summed E-state index contributed by atoms with van der Waals surface area (Å²) in [6.07, 6.45) is 6.07. The average Bonchev–Trinajstić information content (AvgIpc) is 3.48. The van der Waals surface area contributed by atoms with Crippen molar-refractivity contribution in [1.82, 2.24) is 29.6 Å². The number of rotatable bonds is 7. The van der Waals surface area contributed by atoms with Gasteiger partial charge < -0.3 is 4.90 Å². The largest absolute Gasteiger partial charge is 0.501 e. The van der Waals surface area contributed by atoms with Crippen LogP contribution in [0.5, 0.6) is 0 Å². The summed E-state index contributed by atoms with van der Waals surface area (Å²) in [5, 5.41) is 3.81. The van der Waals surface area contributed by atoms with E-state index >= 15 is 0 Å². The minimum absolute atomic E-state index is 0.202. The third-order valence-corrected chi connectivity index (χ3v) is 6.99. The number of benzene rings is 1. The first-order valence-corrected chi connectivity index (χ1v) is 12.0. The van der Waals surface area contributed by atoms with E-state index in [1.165, 1.54) is 28.3 Å². The van der Waals surface area contributed by atoms with Gasteiger partial charge in [0.15, 0.2) is 5.82 Å². The minimum Gasteiger partial charge on any atom is -0.328 e. The van der Waals surface area contributed by atoms with Crippen LogP contribution in [0.2, 0.25) is 5.02 Å². The van der Waals surface area contributed by atoms with E-state index in [-0.39, 0.29) is 29.0 Å². The number of carbonyl (C=O) groups is 1. The fraction of sp³-hybridized carbons (Fsp3) is 0.350. The first-order valence-electron chi connectivity index (χ1n) is 10.1. The lowest BCUT2D eigenvalue weighted by molar-refractivity contribution is -0.0436. The molecular weight excluding hydrogens is 497 g/mol. The molecular formula is C20H18ClF3N6O3S. The molecule has 4 rings (SSSR count). The minimum atomic E-state index is -5.70. The van der Waals surface area contributed by atoms with E-state index in [0.717, 1.165) is 18.9 Å².